The van der Waals surface area contributed by atoms with Gasteiger partial charge in [-0.25, -0.2) is 0 Å². The van der Waals surface area contributed by atoms with Crippen LogP contribution in [0.4, 0.5) is 0 Å². The summed E-state index contributed by atoms with van der Waals surface area (Å²) in [6, 6.07) is 2.47. The molecule has 0 aliphatic heterocycles. The van der Waals surface area contributed by atoms with E-state index in [2.05, 4.69) is 10.00 Å². The van der Waals surface area contributed by atoms with Crippen LogP contribution >= 0.6 is 0 Å². The molecule has 1 fully saturated rings. The van der Waals surface area contributed by atoms with Crippen molar-refractivity contribution in [3.05, 3.63) is 18.0 Å². The molecule has 0 saturated heterocycles. The predicted octanol–water partition coefficient (Wildman–Crippen LogP) is 0.512. The molecule has 0 spiro atoms. The van der Waals surface area contributed by atoms with Gasteiger partial charge in [-0.2, -0.15) is 5.10 Å². The lowest BCUT2D eigenvalue weighted by molar-refractivity contribution is -0.138. The van der Waals surface area contributed by atoms with E-state index in [9.17, 15) is 4.79 Å². The number of rotatable bonds is 6. The van der Waals surface area contributed by atoms with Gasteiger partial charge in [-0.05, 0) is 18.9 Å². The Morgan fingerprint density at radius 2 is 2.44 bits per heavy atom. The van der Waals surface area contributed by atoms with E-state index in [-0.39, 0.29) is 6.54 Å². The topological polar surface area (TPSA) is 58.4 Å². The van der Waals surface area contributed by atoms with Crippen LogP contribution in [0.25, 0.3) is 0 Å². The van der Waals surface area contributed by atoms with E-state index in [1.807, 2.05) is 17.8 Å². The molecule has 1 N–H and O–H groups in total. The van der Waals surface area contributed by atoms with Crippen LogP contribution in [0.15, 0.2) is 12.3 Å². The van der Waals surface area contributed by atoms with Crippen LogP contribution in [0.1, 0.15) is 18.5 Å². The molecule has 88 valence electrons. The molecule has 1 aliphatic carbocycles. The number of aliphatic carboxylic acids is 1. The molecule has 1 aromatic rings. The number of hydrogen-bond donors (Lipinski definition) is 1. The number of carboxylic acid groups (broad SMARTS) is 1. The maximum atomic E-state index is 10.7. The molecule has 1 aromatic heterocycles. The van der Waals surface area contributed by atoms with E-state index < -0.39 is 5.97 Å². The van der Waals surface area contributed by atoms with E-state index in [4.69, 9.17) is 5.11 Å². The minimum Gasteiger partial charge on any atom is -0.480 e. The molecule has 0 amide bonds. The highest BCUT2D eigenvalue weighted by molar-refractivity contribution is 5.69. The highest BCUT2D eigenvalue weighted by atomic mass is 16.4. The molecular formula is C11H17N3O2. The van der Waals surface area contributed by atoms with Gasteiger partial charge in [0.15, 0.2) is 0 Å². The van der Waals surface area contributed by atoms with Crippen LogP contribution in [0.3, 0.4) is 0 Å². The lowest BCUT2D eigenvalue weighted by Crippen LogP contribution is -2.33. The maximum absolute atomic E-state index is 10.7. The van der Waals surface area contributed by atoms with Crippen molar-refractivity contribution >= 4 is 5.97 Å². The first-order valence-electron chi connectivity index (χ1n) is 5.59. The summed E-state index contributed by atoms with van der Waals surface area (Å²) in [7, 11) is 1.91. The fraction of sp³-hybridized carbons (Fsp3) is 0.636. The van der Waals surface area contributed by atoms with Gasteiger partial charge in [-0.1, -0.05) is 0 Å². The second-order valence-electron chi connectivity index (χ2n) is 4.29. The fourth-order valence-corrected chi connectivity index (χ4v) is 1.91. The summed E-state index contributed by atoms with van der Waals surface area (Å²) in [5.41, 5.74) is 1.15. The quantitative estimate of drug-likeness (QED) is 0.763. The highest BCUT2D eigenvalue weighted by Crippen LogP contribution is 2.26. The van der Waals surface area contributed by atoms with Crippen LogP contribution in [0, 0.1) is 0 Å². The second-order valence-corrected chi connectivity index (χ2v) is 4.29. The normalized spacial score (nSPS) is 15.6. The van der Waals surface area contributed by atoms with Crippen molar-refractivity contribution in [2.24, 2.45) is 7.05 Å². The summed E-state index contributed by atoms with van der Waals surface area (Å²) in [5.74, 6) is -0.739. The van der Waals surface area contributed by atoms with E-state index in [1.165, 1.54) is 0 Å². The van der Waals surface area contributed by atoms with Crippen molar-refractivity contribution in [2.75, 3.05) is 13.1 Å². The molecule has 1 saturated carbocycles. The molecule has 16 heavy (non-hydrogen) atoms. The molecule has 0 unspecified atom stereocenters. The fourth-order valence-electron chi connectivity index (χ4n) is 1.91. The summed E-state index contributed by atoms with van der Waals surface area (Å²) >= 11 is 0. The van der Waals surface area contributed by atoms with Crippen LogP contribution in [-0.2, 0) is 18.3 Å². The van der Waals surface area contributed by atoms with Crippen molar-refractivity contribution in [1.82, 2.24) is 14.7 Å². The van der Waals surface area contributed by atoms with Gasteiger partial charge in [0.05, 0.1) is 6.54 Å². The van der Waals surface area contributed by atoms with Crippen molar-refractivity contribution in [1.29, 1.82) is 0 Å². The third kappa shape index (κ3) is 2.82. The minimum absolute atomic E-state index is 0.155. The molecule has 0 radical (unpaired) electrons. The largest absolute Gasteiger partial charge is 0.480 e. The van der Waals surface area contributed by atoms with E-state index in [1.54, 1.807) is 6.20 Å². The van der Waals surface area contributed by atoms with E-state index in [0.29, 0.717) is 6.04 Å². The first-order chi connectivity index (χ1) is 7.66. The Hall–Kier alpha value is -1.36. The molecule has 0 atom stereocenters. The lowest BCUT2D eigenvalue weighted by Gasteiger charge is -2.19. The number of carbonyl (C=O) groups is 1. The Bertz CT molecular complexity index is 371. The number of nitrogens with zero attached hydrogens (tertiary/aromatic N) is 3. The van der Waals surface area contributed by atoms with Gasteiger partial charge in [0.2, 0.25) is 0 Å². The number of aromatic nitrogens is 2. The molecule has 5 nitrogen and oxygen atoms in total. The first kappa shape index (κ1) is 11.1. The molecule has 1 heterocycles. The van der Waals surface area contributed by atoms with Crippen molar-refractivity contribution in [2.45, 2.75) is 25.3 Å². The Morgan fingerprint density at radius 3 is 2.94 bits per heavy atom. The molecule has 5 heteroatoms. The van der Waals surface area contributed by atoms with Gasteiger partial charge in [0.1, 0.15) is 0 Å². The predicted molar refractivity (Wildman–Crippen MR) is 59.1 cm³/mol. The smallest absolute Gasteiger partial charge is 0.317 e. The summed E-state index contributed by atoms with van der Waals surface area (Å²) in [5, 5.41) is 12.9. The molecule has 0 aromatic carbocycles. The average molecular weight is 223 g/mol. The summed E-state index contributed by atoms with van der Waals surface area (Å²) in [6.07, 6.45) is 4.91. The molecular weight excluding hydrogens is 206 g/mol. The van der Waals surface area contributed by atoms with Crippen molar-refractivity contribution in [3.63, 3.8) is 0 Å². The highest BCUT2D eigenvalue weighted by Gasteiger charge is 2.29. The van der Waals surface area contributed by atoms with Gasteiger partial charge in [0.25, 0.3) is 0 Å². The monoisotopic (exact) mass is 223 g/mol. The van der Waals surface area contributed by atoms with Crippen LogP contribution < -0.4 is 0 Å². The summed E-state index contributed by atoms with van der Waals surface area (Å²) < 4.78 is 1.84. The van der Waals surface area contributed by atoms with Crippen molar-refractivity contribution in [3.8, 4) is 0 Å². The number of carboxylic acids is 1. The van der Waals surface area contributed by atoms with Gasteiger partial charge in [-0.3, -0.25) is 14.4 Å². The van der Waals surface area contributed by atoms with Crippen LogP contribution in [0.2, 0.25) is 0 Å². The van der Waals surface area contributed by atoms with Gasteiger partial charge >= 0.3 is 5.97 Å². The minimum atomic E-state index is -0.739. The Balaban J connectivity index is 1.86. The third-order valence-corrected chi connectivity index (χ3v) is 2.98. The standard InChI is InChI=1S/C11H17N3O2/c1-13-9(4-6-12-13)5-7-14(8-11(15)16)10-2-3-10/h4,6,10H,2-3,5,7-8H2,1H3,(H,15,16). The van der Waals surface area contributed by atoms with Gasteiger partial charge in [0, 0.05) is 37.9 Å². The second kappa shape index (κ2) is 4.65. The van der Waals surface area contributed by atoms with Crippen LogP contribution in [0.5, 0.6) is 0 Å². The Kier molecular flexibility index (Phi) is 3.24. The Labute approximate surface area is 94.7 Å². The first-order valence-corrected chi connectivity index (χ1v) is 5.59. The number of hydrogen-bond acceptors (Lipinski definition) is 3. The van der Waals surface area contributed by atoms with Crippen molar-refractivity contribution < 1.29 is 9.90 Å². The molecule has 1 aliphatic rings. The molecule has 2 rings (SSSR count). The Morgan fingerprint density at radius 1 is 1.69 bits per heavy atom. The maximum Gasteiger partial charge on any atom is 0.317 e. The summed E-state index contributed by atoms with van der Waals surface area (Å²) in [4.78, 5) is 12.8. The van der Waals surface area contributed by atoms with E-state index in [0.717, 1.165) is 31.5 Å². The zero-order chi connectivity index (χ0) is 11.5. The summed E-state index contributed by atoms with van der Waals surface area (Å²) in [6.45, 7) is 0.957. The number of aryl methyl sites for hydroxylation is 1. The van der Waals surface area contributed by atoms with Gasteiger partial charge < -0.3 is 5.11 Å². The zero-order valence-electron chi connectivity index (χ0n) is 9.46. The van der Waals surface area contributed by atoms with Crippen LogP contribution in [-0.4, -0.2) is 44.9 Å². The SMILES string of the molecule is Cn1nccc1CCN(CC(=O)O)C1CC1. The molecule has 0 bridgehead atoms. The van der Waals surface area contributed by atoms with Gasteiger partial charge in [-0.15, -0.1) is 0 Å². The lowest BCUT2D eigenvalue weighted by atomic mass is 10.3. The average Bonchev–Trinajstić information content (AvgIpc) is 2.98. The third-order valence-electron chi connectivity index (χ3n) is 2.98. The van der Waals surface area contributed by atoms with E-state index >= 15 is 0 Å². The zero-order valence-corrected chi connectivity index (χ0v) is 9.46.